The summed E-state index contributed by atoms with van der Waals surface area (Å²) in [5.41, 5.74) is 0.885. The Morgan fingerprint density at radius 3 is 2.90 bits per heavy atom. The van der Waals surface area contributed by atoms with Gasteiger partial charge in [0.25, 0.3) is 0 Å². The number of nitrogens with one attached hydrogen (secondary N) is 1. The second-order valence-electron chi connectivity index (χ2n) is 5.33. The zero-order valence-corrected chi connectivity index (χ0v) is 13.2. The second kappa shape index (κ2) is 7.30. The van der Waals surface area contributed by atoms with Crippen molar-refractivity contribution in [1.82, 2.24) is 10.2 Å². The van der Waals surface area contributed by atoms with E-state index in [0.717, 1.165) is 12.1 Å². The highest BCUT2D eigenvalue weighted by atomic mass is 35.5. The molecule has 1 aliphatic heterocycles. The van der Waals surface area contributed by atoms with Gasteiger partial charge in [0.2, 0.25) is 5.91 Å². The summed E-state index contributed by atoms with van der Waals surface area (Å²) in [6.07, 6.45) is 3.62. The van der Waals surface area contributed by atoms with Gasteiger partial charge in [-0.2, -0.15) is 0 Å². The summed E-state index contributed by atoms with van der Waals surface area (Å²) in [4.78, 5) is 14.2. The SMILES string of the molecule is C[C@@H]1CCCCN1CC(=O)NCc1ccc(Cl)cc1Cl. The molecule has 20 heavy (non-hydrogen) atoms. The lowest BCUT2D eigenvalue weighted by molar-refractivity contribution is -0.123. The molecule has 0 saturated carbocycles. The number of halogens is 2. The number of nitrogens with zero attached hydrogens (tertiary/aromatic N) is 1. The van der Waals surface area contributed by atoms with Crippen molar-refractivity contribution in [2.24, 2.45) is 0 Å². The minimum atomic E-state index is 0.0461. The van der Waals surface area contributed by atoms with Crippen molar-refractivity contribution >= 4 is 29.1 Å². The molecule has 0 bridgehead atoms. The van der Waals surface area contributed by atoms with E-state index >= 15 is 0 Å². The molecule has 1 amide bonds. The van der Waals surface area contributed by atoms with Crippen LogP contribution in [0.15, 0.2) is 18.2 Å². The summed E-state index contributed by atoms with van der Waals surface area (Å²) < 4.78 is 0. The standard InChI is InChI=1S/C15H20Cl2N2O/c1-11-4-2-3-7-19(11)10-15(20)18-9-12-5-6-13(16)8-14(12)17/h5-6,8,11H,2-4,7,9-10H2,1H3,(H,18,20)/t11-/m1/s1. The quantitative estimate of drug-likeness (QED) is 0.922. The number of rotatable bonds is 4. The Balaban J connectivity index is 1.82. The predicted octanol–water partition coefficient (Wildman–Crippen LogP) is 3.48. The molecule has 0 aliphatic carbocycles. The van der Waals surface area contributed by atoms with Gasteiger partial charge in [-0.25, -0.2) is 0 Å². The Bertz CT molecular complexity index is 479. The summed E-state index contributed by atoms with van der Waals surface area (Å²) in [5.74, 6) is 0.0461. The highest BCUT2D eigenvalue weighted by Gasteiger charge is 2.20. The number of hydrogen-bond donors (Lipinski definition) is 1. The average molecular weight is 315 g/mol. The molecule has 0 unspecified atom stereocenters. The van der Waals surface area contributed by atoms with Gasteiger partial charge in [-0.1, -0.05) is 35.7 Å². The molecule has 5 heteroatoms. The van der Waals surface area contributed by atoms with E-state index in [9.17, 15) is 4.79 Å². The Labute approximate surface area is 130 Å². The predicted molar refractivity (Wildman–Crippen MR) is 83.2 cm³/mol. The van der Waals surface area contributed by atoms with Crippen molar-refractivity contribution < 1.29 is 4.79 Å². The van der Waals surface area contributed by atoms with Gasteiger partial charge in [0, 0.05) is 22.6 Å². The second-order valence-corrected chi connectivity index (χ2v) is 6.17. The summed E-state index contributed by atoms with van der Waals surface area (Å²) in [6, 6.07) is 5.81. The Kier molecular flexibility index (Phi) is 5.70. The van der Waals surface area contributed by atoms with Gasteiger partial charge in [0.05, 0.1) is 6.54 Å². The van der Waals surface area contributed by atoms with Crippen LogP contribution >= 0.6 is 23.2 Å². The topological polar surface area (TPSA) is 32.3 Å². The van der Waals surface area contributed by atoms with E-state index in [0.29, 0.717) is 29.2 Å². The van der Waals surface area contributed by atoms with E-state index in [4.69, 9.17) is 23.2 Å². The minimum absolute atomic E-state index is 0.0461. The van der Waals surface area contributed by atoms with Crippen LogP contribution in [0.3, 0.4) is 0 Å². The van der Waals surface area contributed by atoms with Crippen molar-refractivity contribution in [3.8, 4) is 0 Å². The molecule has 3 nitrogen and oxygen atoms in total. The van der Waals surface area contributed by atoms with Crippen LogP contribution in [0.1, 0.15) is 31.7 Å². The first-order valence-electron chi connectivity index (χ1n) is 7.01. The Morgan fingerprint density at radius 2 is 2.20 bits per heavy atom. The zero-order chi connectivity index (χ0) is 14.5. The molecule has 1 atom stereocenters. The maximum absolute atomic E-state index is 12.0. The van der Waals surface area contributed by atoms with Crippen molar-refractivity contribution in [2.75, 3.05) is 13.1 Å². The number of piperidine rings is 1. The Hall–Kier alpha value is -0.770. The third kappa shape index (κ3) is 4.37. The largest absolute Gasteiger partial charge is 0.351 e. The van der Waals surface area contributed by atoms with Crippen LogP contribution in [0.4, 0.5) is 0 Å². The van der Waals surface area contributed by atoms with Crippen LogP contribution in [0.2, 0.25) is 10.0 Å². The van der Waals surface area contributed by atoms with Gasteiger partial charge >= 0.3 is 0 Å². The molecule has 0 spiro atoms. The first kappa shape index (κ1) is 15.6. The van der Waals surface area contributed by atoms with E-state index in [1.54, 1.807) is 12.1 Å². The molecule has 1 saturated heterocycles. The molecule has 1 aromatic rings. The number of amides is 1. The highest BCUT2D eigenvalue weighted by Crippen LogP contribution is 2.20. The molecule has 110 valence electrons. The smallest absolute Gasteiger partial charge is 0.234 e. The van der Waals surface area contributed by atoms with Gasteiger partial charge < -0.3 is 5.32 Å². The minimum Gasteiger partial charge on any atom is -0.351 e. The molecular weight excluding hydrogens is 295 g/mol. The van der Waals surface area contributed by atoms with Gasteiger partial charge in [-0.05, 0) is 44.0 Å². The third-order valence-electron chi connectivity index (χ3n) is 3.78. The van der Waals surface area contributed by atoms with Crippen LogP contribution in [0.25, 0.3) is 0 Å². The molecule has 1 aromatic carbocycles. The summed E-state index contributed by atoms with van der Waals surface area (Å²) in [5, 5.41) is 4.11. The van der Waals surface area contributed by atoms with Crippen LogP contribution in [-0.2, 0) is 11.3 Å². The van der Waals surface area contributed by atoms with E-state index in [-0.39, 0.29) is 5.91 Å². The number of benzene rings is 1. The number of carbonyl (C=O) groups excluding carboxylic acids is 1. The lowest BCUT2D eigenvalue weighted by Crippen LogP contribution is -2.44. The normalized spacial score (nSPS) is 19.9. The summed E-state index contributed by atoms with van der Waals surface area (Å²) in [7, 11) is 0. The first-order chi connectivity index (χ1) is 9.56. The van der Waals surface area contributed by atoms with Gasteiger partial charge in [0.15, 0.2) is 0 Å². The van der Waals surface area contributed by atoms with Crippen molar-refractivity contribution in [1.29, 1.82) is 0 Å². The lowest BCUT2D eigenvalue weighted by atomic mass is 10.0. The monoisotopic (exact) mass is 314 g/mol. The summed E-state index contributed by atoms with van der Waals surface area (Å²) >= 11 is 11.9. The highest BCUT2D eigenvalue weighted by molar-refractivity contribution is 6.35. The van der Waals surface area contributed by atoms with Crippen molar-refractivity contribution in [2.45, 2.75) is 38.8 Å². The Morgan fingerprint density at radius 1 is 1.40 bits per heavy atom. The maximum Gasteiger partial charge on any atom is 0.234 e. The van der Waals surface area contributed by atoms with Crippen molar-refractivity contribution in [3.05, 3.63) is 33.8 Å². The number of likely N-dealkylation sites (tertiary alicyclic amines) is 1. The van der Waals surface area contributed by atoms with Gasteiger partial charge in [-0.3, -0.25) is 9.69 Å². The lowest BCUT2D eigenvalue weighted by Gasteiger charge is -2.32. The fraction of sp³-hybridized carbons (Fsp3) is 0.533. The first-order valence-corrected chi connectivity index (χ1v) is 7.76. The number of hydrogen-bond acceptors (Lipinski definition) is 2. The molecule has 1 aliphatic rings. The fourth-order valence-corrected chi connectivity index (χ4v) is 2.97. The van der Waals surface area contributed by atoms with E-state index in [2.05, 4.69) is 17.1 Å². The summed E-state index contributed by atoms with van der Waals surface area (Å²) in [6.45, 7) is 4.10. The molecular formula is C15H20Cl2N2O. The van der Waals surface area contributed by atoms with Gasteiger partial charge in [0.1, 0.15) is 0 Å². The molecule has 2 rings (SSSR count). The third-order valence-corrected chi connectivity index (χ3v) is 4.37. The van der Waals surface area contributed by atoms with E-state index < -0.39 is 0 Å². The molecule has 1 heterocycles. The van der Waals surface area contributed by atoms with Crippen LogP contribution in [0.5, 0.6) is 0 Å². The van der Waals surface area contributed by atoms with Gasteiger partial charge in [-0.15, -0.1) is 0 Å². The zero-order valence-electron chi connectivity index (χ0n) is 11.7. The fourth-order valence-electron chi connectivity index (χ4n) is 2.49. The van der Waals surface area contributed by atoms with Crippen LogP contribution in [-0.4, -0.2) is 29.9 Å². The molecule has 0 aromatic heterocycles. The van der Waals surface area contributed by atoms with E-state index in [1.807, 2.05) is 6.07 Å². The average Bonchev–Trinajstić information content (AvgIpc) is 2.40. The van der Waals surface area contributed by atoms with Crippen LogP contribution in [0, 0.1) is 0 Å². The van der Waals surface area contributed by atoms with E-state index in [1.165, 1.54) is 19.3 Å². The van der Waals surface area contributed by atoms with Crippen molar-refractivity contribution in [3.63, 3.8) is 0 Å². The molecule has 0 radical (unpaired) electrons. The molecule has 1 N–H and O–H groups in total. The van der Waals surface area contributed by atoms with Crippen LogP contribution < -0.4 is 5.32 Å². The maximum atomic E-state index is 12.0. The molecule has 1 fully saturated rings. The number of carbonyl (C=O) groups is 1.